The molecule has 0 saturated carbocycles. The van der Waals surface area contributed by atoms with Crippen molar-refractivity contribution in [1.82, 2.24) is 10.2 Å². The van der Waals surface area contributed by atoms with Crippen LogP contribution in [-0.2, 0) is 27.3 Å². The quantitative estimate of drug-likeness (QED) is 0.409. The van der Waals surface area contributed by atoms with E-state index in [4.69, 9.17) is 11.5 Å². The maximum atomic E-state index is 13.9. The van der Waals surface area contributed by atoms with Gasteiger partial charge >= 0.3 is 0 Å². The highest BCUT2D eigenvalue weighted by atomic mass is 16.3. The second-order valence-corrected chi connectivity index (χ2v) is 8.40. The molecule has 0 aliphatic carbocycles. The molecule has 4 atom stereocenters. The van der Waals surface area contributed by atoms with Crippen LogP contribution in [0, 0.1) is 5.92 Å². The molecule has 3 amide bonds. The minimum atomic E-state index is -0.970. The first-order valence-corrected chi connectivity index (χ1v) is 11.1. The number of phenolic OH excluding ortho intramolecular Hbond substituents is 1. The Labute approximate surface area is 195 Å². The van der Waals surface area contributed by atoms with Crippen LogP contribution in [-0.4, -0.2) is 45.9 Å². The fourth-order valence-electron chi connectivity index (χ4n) is 3.63. The van der Waals surface area contributed by atoms with Gasteiger partial charge in [-0.05, 0) is 36.1 Å². The maximum Gasteiger partial charge on any atom is 0.246 e. The molecule has 0 saturated heterocycles. The van der Waals surface area contributed by atoms with E-state index in [1.165, 1.54) is 24.0 Å². The zero-order valence-corrected chi connectivity index (χ0v) is 19.4. The summed E-state index contributed by atoms with van der Waals surface area (Å²) < 4.78 is 0. The largest absolute Gasteiger partial charge is 0.508 e. The predicted octanol–water partition coefficient (Wildman–Crippen LogP) is 1.70. The van der Waals surface area contributed by atoms with Crippen LogP contribution >= 0.6 is 0 Å². The van der Waals surface area contributed by atoms with Gasteiger partial charge in [-0.2, -0.15) is 0 Å². The highest BCUT2D eigenvalue weighted by Gasteiger charge is 2.36. The summed E-state index contributed by atoms with van der Waals surface area (Å²) in [6, 6.07) is 13.0. The highest BCUT2D eigenvalue weighted by molar-refractivity contribution is 5.93. The number of nitrogens with zero attached hydrogens (tertiary/aromatic N) is 1. The number of hydrogen-bond acceptors (Lipinski definition) is 5. The van der Waals surface area contributed by atoms with E-state index in [1.54, 1.807) is 12.1 Å². The van der Waals surface area contributed by atoms with Crippen molar-refractivity contribution < 1.29 is 19.5 Å². The number of nitrogens with two attached hydrogens (primary N) is 2. The molecule has 2 rings (SSSR count). The van der Waals surface area contributed by atoms with Gasteiger partial charge in [0.05, 0.1) is 6.04 Å². The second kappa shape index (κ2) is 12.0. The Hall–Kier alpha value is -3.39. The molecule has 6 N–H and O–H groups in total. The summed E-state index contributed by atoms with van der Waals surface area (Å²) in [7, 11) is 0. The number of phenols is 1. The summed E-state index contributed by atoms with van der Waals surface area (Å²) in [5.41, 5.74) is 13.1. The lowest BCUT2D eigenvalue weighted by Crippen LogP contribution is -2.58. The van der Waals surface area contributed by atoms with Crippen molar-refractivity contribution >= 4 is 17.7 Å². The molecule has 8 heteroatoms. The van der Waals surface area contributed by atoms with Gasteiger partial charge in [0.15, 0.2) is 0 Å². The number of carbonyl (C=O) groups is 3. The van der Waals surface area contributed by atoms with E-state index in [0.29, 0.717) is 6.42 Å². The molecule has 0 aromatic heterocycles. The first kappa shape index (κ1) is 25.9. The SMILES string of the molecule is CCC(C)C(C(N)=O)N(Cc1ccccc1)C(=O)C(Cc1ccc(O)cc1)NC(=O)C(C)N. The van der Waals surface area contributed by atoms with Crippen molar-refractivity contribution in [2.24, 2.45) is 17.4 Å². The normalized spacial score (nSPS) is 14.5. The van der Waals surface area contributed by atoms with Crippen molar-refractivity contribution in [2.45, 2.75) is 58.3 Å². The van der Waals surface area contributed by atoms with E-state index in [2.05, 4.69) is 5.32 Å². The minimum absolute atomic E-state index is 0.0949. The topological polar surface area (TPSA) is 139 Å². The summed E-state index contributed by atoms with van der Waals surface area (Å²) in [4.78, 5) is 40.2. The van der Waals surface area contributed by atoms with Gasteiger partial charge in [0.2, 0.25) is 17.7 Å². The van der Waals surface area contributed by atoms with Gasteiger partial charge in [0.25, 0.3) is 0 Å². The molecule has 0 spiro atoms. The van der Waals surface area contributed by atoms with E-state index in [1.807, 2.05) is 44.2 Å². The van der Waals surface area contributed by atoms with E-state index in [9.17, 15) is 19.5 Å². The highest BCUT2D eigenvalue weighted by Crippen LogP contribution is 2.21. The Morgan fingerprint density at radius 2 is 1.61 bits per heavy atom. The van der Waals surface area contributed by atoms with Crippen LogP contribution in [0.3, 0.4) is 0 Å². The number of aromatic hydroxyl groups is 1. The van der Waals surface area contributed by atoms with Crippen molar-refractivity contribution in [3.63, 3.8) is 0 Å². The number of benzene rings is 2. The molecule has 2 aromatic rings. The first-order valence-electron chi connectivity index (χ1n) is 11.1. The molecular formula is C25H34N4O4. The molecule has 4 unspecified atom stereocenters. The third-order valence-electron chi connectivity index (χ3n) is 5.69. The van der Waals surface area contributed by atoms with Gasteiger partial charge in [-0.3, -0.25) is 14.4 Å². The van der Waals surface area contributed by atoms with Crippen LogP contribution in [0.1, 0.15) is 38.3 Å². The van der Waals surface area contributed by atoms with Gasteiger partial charge in [-0.1, -0.05) is 62.7 Å². The molecule has 0 heterocycles. The van der Waals surface area contributed by atoms with Crippen molar-refractivity contribution in [3.05, 3.63) is 65.7 Å². The van der Waals surface area contributed by atoms with Gasteiger partial charge in [0.1, 0.15) is 17.8 Å². The van der Waals surface area contributed by atoms with Crippen LogP contribution in [0.25, 0.3) is 0 Å². The number of carbonyl (C=O) groups excluding carboxylic acids is 3. The minimum Gasteiger partial charge on any atom is -0.508 e. The van der Waals surface area contributed by atoms with Crippen LogP contribution in [0.5, 0.6) is 5.75 Å². The average Bonchev–Trinajstić information content (AvgIpc) is 2.79. The maximum absolute atomic E-state index is 13.9. The third kappa shape index (κ3) is 7.32. The fraction of sp³-hybridized carbons (Fsp3) is 0.400. The standard InChI is InChI=1S/C25H34N4O4/c1-4-16(2)22(23(27)31)29(15-19-8-6-5-7-9-19)25(33)21(28-24(32)17(3)26)14-18-10-12-20(30)13-11-18/h5-13,16-17,21-22,30H,4,14-15,26H2,1-3H3,(H2,27,31)(H,28,32). The number of rotatable bonds is 11. The Balaban J connectivity index is 2.46. The average molecular weight is 455 g/mol. The lowest BCUT2D eigenvalue weighted by Gasteiger charge is -2.36. The van der Waals surface area contributed by atoms with Crippen molar-refractivity contribution in [3.8, 4) is 5.75 Å². The van der Waals surface area contributed by atoms with Crippen LogP contribution < -0.4 is 16.8 Å². The van der Waals surface area contributed by atoms with E-state index < -0.39 is 35.8 Å². The van der Waals surface area contributed by atoms with Crippen molar-refractivity contribution in [2.75, 3.05) is 0 Å². The van der Waals surface area contributed by atoms with E-state index in [-0.39, 0.29) is 24.6 Å². The summed E-state index contributed by atoms with van der Waals surface area (Å²) in [6.07, 6.45) is 0.801. The molecular weight excluding hydrogens is 420 g/mol. The summed E-state index contributed by atoms with van der Waals surface area (Å²) in [5, 5.41) is 12.3. The van der Waals surface area contributed by atoms with Gasteiger partial charge in [0, 0.05) is 13.0 Å². The monoisotopic (exact) mass is 454 g/mol. The Kier molecular flexibility index (Phi) is 9.42. The Morgan fingerprint density at radius 3 is 2.12 bits per heavy atom. The van der Waals surface area contributed by atoms with Gasteiger partial charge < -0.3 is 26.8 Å². The predicted molar refractivity (Wildman–Crippen MR) is 127 cm³/mol. The molecule has 0 aliphatic heterocycles. The third-order valence-corrected chi connectivity index (χ3v) is 5.69. The molecule has 0 fully saturated rings. The summed E-state index contributed by atoms with van der Waals surface area (Å²) in [5.74, 6) is -1.60. The first-order chi connectivity index (χ1) is 15.6. The Morgan fingerprint density at radius 1 is 1.00 bits per heavy atom. The summed E-state index contributed by atoms with van der Waals surface area (Å²) >= 11 is 0. The zero-order valence-electron chi connectivity index (χ0n) is 19.4. The molecule has 0 bridgehead atoms. The number of hydrogen-bond donors (Lipinski definition) is 4. The zero-order chi connectivity index (χ0) is 24.5. The van der Waals surface area contributed by atoms with Crippen molar-refractivity contribution in [1.29, 1.82) is 0 Å². The van der Waals surface area contributed by atoms with E-state index in [0.717, 1.165) is 11.1 Å². The molecule has 2 aromatic carbocycles. The molecule has 33 heavy (non-hydrogen) atoms. The Bertz CT molecular complexity index is 931. The summed E-state index contributed by atoms with van der Waals surface area (Å²) in [6.45, 7) is 5.50. The van der Waals surface area contributed by atoms with Gasteiger partial charge in [-0.15, -0.1) is 0 Å². The lowest BCUT2D eigenvalue weighted by atomic mass is 9.94. The number of primary amides is 1. The molecule has 178 valence electrons. The van der Waals surface area contributed by atoms with Crippen LogP contribution in [0.15, 0.2) is 54.6 Å². The van der Waals surface area contributed by atoms with Crippen LogP contribution in [0.4, 0.5) is 0 Å². The molecule has 0 radical (unpaired) electrons. The smallest absolute Gasteiger partial charge is 0.246 e. The molecule has 8 nitrogen and oxygen atoms in total. The van der Waals surface area contributed by atoms with E-state index >= 15 is 0 Å². The second-order valence-electron chi connectivity index (χ2n) is 8.40. The molecule has 0 aliphatic rings. The lowest BCUT2D eigenvalue weighted by molar-refractivity contribution is -0.145. The van der Waals surface area contributed by atoms with Crippen LogP contribution in [0.2, 0.25) is 0 Å². The van der Waals surface area contributed by atoms with Gasteiger partial charge in [-0.25, -0.2) is 0 Å². The fourth-order valence-corrected chi connectivity index (χ4v) is 3.63. The number of amides is 3. The number of nitrogens with one attached hydrogen (secondary N) is 1.